The number of H-pyrrole nitrogens is 1. The maximum Gasteiger partial charge on any atom is 0.224 e. The van der Waals surface area contributed by atoms with E-state index in [1.165, 1.54) is 4.80 Å². The highest BCUT2D eigenvalue weighted by Gasteiger charge is 2.28. The molecule has 6 nitrogen and oxygen atoms in total. The van der Waals surface area contributed by atoms with Gasteiger partial charge in [-0.2, -0.15) is 15.0 Å². The number of halogens is 3. The van der Waals surface area contributed by atoms with Crippen molar-refractivity contribution in [1.82, 2.24) is 25.3 Å². The lowest BCUT2D eigenvalue weighted by molar-refractivity contribution is -0.120. The highest BCUT2D eigenvalue weighted by molar-refractivity contribution is 14.1. The van der Waals surface area contributed by atoms with Crippen LogP contribution in [0.3, 0.4) is 0 Å². The fourth-order valence-electron chi connectivity index (χ4n) is 3.55. The smallest absolute Gasteiger partial charge is 0.224 e. The Balaban J connectivity index is 2.05. The van der Waals surface area contributed by atoms with E-state index in [1.807, 2.05) is 0 Å². The number of hydrogen-bond donors (Lipinski definition) is 2. The number of aryl methyl sites for hydroxylation is 1. The Labute approximate surface area is 173 Å². The van der Waals surface area contributed by atoms with Crippen LogP contribution in [0.2, 0.25) is 10.0 Å². The summed E-state index contributed by atoms with van der Waals surface area (Å²) < 4.78 is 0.999. The summed E-state index contributed by atoms with van der Waals surface area (Å²) in [7, 11) is 1.76. The van der Waals surface area contributed by atoms with Crippen LogP contribution in [-0.4, -0.2) is 36.9 Å². The Kier molecular flexibility index (Phi) is 4.87. The topological polar surface area (TPSA) is 75.6 Å². The fraction of sp³-hybridized carbons (Fsp3) is 0.353. The first-order valence-corrected chi connectivity index (χ1v) is 10.5. The van der Waals surface area contributed by atoms with Crippen molar-refractivity contribution in [3.05, 3.63) is 33.6 Å². The molecule has 0 fully saturated rings. The molecule has 136 valence electrons. The Morgan fingerprint density at radius 3 is 2.92 bits per heavy atom. The van der Waals surface area contributed by atoms with E-state index in [0.29, 0.717) is 28.7 Å². The van der Waals surface area contributed by atoms with Crippen molar-refractivity contribution in [2.45, 2.75) is 18.8 Å². The average molecular weight is 504 g/mol. The first-order chi connectivity index (χ1) is 12.5. The lowest BCUT2D eigenvalue weighted by atomic mass is 9.95. The predicted molar refractivity (Wildman–Crippen MR) is 111 cm³/mol. The number of hydrogen-bond acceptors (Lipinski definition) is 3. The molecule has 0 unspecified atom stereocenters. The van der Waals surface area contributed by atoms with Crippen molar-refractivity contribution in [2.75, 3.05) is 11.0 Å². The molecule has 1 amide bonds. The van der Waals surface area contributed by atoms with Crippen LogP contribution >= 0.6 is 45.8 Å². The lowest BCUT2D eigenvalue weighted by Gasteiger charge is -2.13. The first kappa shape index (κ1) is 18.1. The Morgan fingerprint density at radius 2 is 2.23 bits per heavy atom. The van der Waals surface area contributed by atoms with Gasteiger partial charge in [0, 0.05) is 40.6 Å². The van der Waals surface area contributed by atoms with Crippen molar-refractivity contribution >= 4 is 62.6 Å². The lowest BCUT2D eigenvalue weighted by Crippen LogP contribution is -2.26. The maximum atomic E-state index is 12.3. The SMILES string of the molecule is Cn1ncc(-c2cc(Cl)c(Cl)c3[nH]c4c(c23)CC(=O)NC[C@H]4CCI)n1. The van der Waals surface area contributed by atoms with Gasteiger partial charge in [-0.1, -0.05) is 45.8 Å². The number of nitrogens with one attached hydrogen (secondary N) is 2. The van der Waals surface area contributed by atoms with Gasteiger partial charge < -0.3 is 10.3 Å². The van der Waals surface area contributed by atoms with Crippen molar-refractivity contribution in [3.63, 3.8) is 0 Å². The monoisotopic (exact) mass is 503 g/mol. The zero-order valence-electron chi connectivity index (χ0n) is 13.9. The number of fused-ring (bicyclic) bond motifs is 3. The van der Waals surface area contributed by atoms with Crippen LogP contribution < -0.4 is 5.32 Å². The van der Waals surface area contributed by atoms with Crippen molar-refractivity contribution in [2.24, 2.45) is 7.05 Å². The minimum atomic E-state index is 0.0132. The summed E-state index contributed by atoms with van der Waals surface area (Å²) >= 11 is 15.3. The van der Waals surface area contributed by atoms with Crippen molar-refractivity contribution in [3.8, 4) is 11.3 Å². The van der Waals surface area contributed by atoms with E-state index >= 15 is 0 Å². The molecule has 9 heteroatoms. The number of benzene rings is 1. The Morgan fingerprint density at radius 1 is 1.42 bits per heavy atom. The molecule has 2 aromatic heterocycles. The number of carbonyl (C=O) groups is 1. The summed E-state index contributed by atoms with van der Waals surface area (Å²) in [6, 6.07) is 1.81. The third-order valence-corrected chi connectivity index (χ3v) is 6.14. The van der Waals surface area contributed by atoms with E-state index in [9.17, 15) is 4.79 Å². The second-order valence-corrected chi connectivity index (χ2v) is 8.23. The molecule has 3 aromatic rings. The molecule has 1 aromatic carbocycles. The largest absolute Gasteiger partial charge is 0.357 e. The van der Waals surface area contributed by atoms with Crippen LogP contribution in [0.5, 0.6) is 0 Å². The maximum absolute atomic E-state index is 12.3. The summed E-state index contributed by atoms with van der Waals surface area (Å²) in [5, 5.41) is 13.4. The summed E-state index contributed by atoms with van der Waals surface area (Å²) in [5.41, 5.74) is 4.34. The van der Waals surface area contributed by atoms with E-state index in [-0.39, 0.29) is 11.8 Å². The molecular weight excluding hydrogens is 488 g/mol. The third kappa shape index (κ3) is 2.99. The van der Waals surface area contributed by atoms with E-state index in [0.717, 1.165) is 38.6 Å². The van der Waals surface area contributed by atoms with Gasteiger partial charge >= 0.3 is 0 Å². The van der Waals surface area contributed by atoms with Gasteiger partial charge in [-0.3, -0.25) is 4.79 Å². The molecular formula is C17H16Cl2IN5O. The highest BCUT2D eigenvalue weighted by Crippen LogP contribution is 2.42. The number of rotatable bonds is 3. The van der Waals surface area contributed by atoms with Gasteiger partial charge in [0.25, 0.3) is 0 Å². The average Bonchev–Trinajstić information content (AvgIpc) is 3.16. The normalized spacial score (nSPS) is 17.2. The third-order valence-electron chi connectivity index (χ3n) is 4.73. The number of nitrogens with zero attached hydrogens (tertiary/aromatic N) is 3. The van der Waals surface area contributed by atoms with Gasteiger partial charge in [0.2, 0.25) is 5.91 Å². The Bertz CT molecular complexity index is 1010. The molecule has 3 heterocycles. The van der Waals surface area contributed by atoms with Crippen LogP contribution in [0.4, 0.5) is 0 Å². The highest BCUT2D eigenvalue weighted by atomic mass is 127. The van der Waals surface area contributed by atoms with E-state index < -0.39 is 0 Å². The zero-order valence-corrected chi connectivity index (χ0v) is 17.6. The van der Waals surface area contributed by atoms with Crippen LogP contribution in [-0.2, 0) is 18.3 Å². The molecule has 0 bridgehead atoms. The van der Waals surface area contributed by atoms with Crippen LogP contribution in [0.15, 0.2) is 12.3 Å². The molecule has 0 aliphatic carbocycles. The number of carbonyl (C=O) groups excluding carboxylic acids is 1. The quantitative estimate of drug-likeness (QED) is 0.421. The molecule has 1 aliphatic rings. The number of amides is 1. The summed E-state index contributed by atoms with van der Waals surface area (Å²) in [6.07, 6.45) is 2.96. The van der Waals surface area contributed by atoms with Gasteiger partial charge in [0.05, 0.1) is 28.2 Å². The first-order valence-electron chi connectivity index (χ1n) is 8.21. The summed E-state index contributed by atoms with van der Waals surface area (Å²) in [5.74, 6) is 0.226. The molecule has 4 rings (SSSR count). The standard InChI is InChI=1S/C17H16Cl2IN5O/c1-25-22-7-12(24-25)9-4-11(18)15(19)17-14(9)10-5-13(26)21-6-8(2-3-20)16(10)23-17/h4,7-8,23H,2-3,5-6H2,1H3,(H,21,26)/t8-/m1/s1. The number of aromatic nitrogens is 4. The van der Waals surface area contributed by atoms with Gasteiger partial charge in [-0.25, -0.2) is 0 Å². The molecule has 0 saturated carbocycles. The van der Waals surface area contributed by atoms with E-state index in [4.69, 9.17) is 23.2 Å². The second kappa shape index (κ2) is 7.01. The Hall–Kier alpha value is -1.32. The minimum absolute atomic E-state index is 0.0132. The van der Waals surface area contributed by atoms with Crippen molar-refractivity contribution in [1.29, 1.82) is 0 Å². The van der Waals surface area contributed by atoms with Gasteiger partial charge in [-0.05, 0) is 18.1 Å². The zero-order chi connectivity index (χ0) is 18.4. The van der Waals surface area contributed by atoms with Gasteiger partial charge in [0.1, 0.15) is 5.69 Å². The number of aromatic amines is 1. The van der Waals surface area contributed by atoms with Crippen LogP contribution in [0, 0.1) is 0 Å². The minimum Gasteiger partial charge on any atom is -0.357 e. The molecule has 26 heavy (non-hydrogen) atoms. The fourth-order valence-corrected chi connectivity index (χ4v) is 4.70. The molecule has 1 atom stereocenters. The van der Waals surface area contributed by atoms with E-state index in [2.05, 4.69) is 43.1 Å². The van der Waals surface area contributed by atoms with Gasteiger partial charge in [-0.15, -0.1) is 0 Å². The van der Waals surface area contributed by atoms with Crippen LogP contribution in [0.25, 0.3) is 22.2 Å². The van der Waals surface area contributed by atoms with Gasteiger partial charge in [0.15, 0.2) is 0 Å². The second-order valence-electron chi connectivity index (χ2n) is 6.36. The number of alkyl halides is 1. The molecule has 0 spiro atoms. The molecule has 0 saturated heterocycles. The van der Waals surface area contributed by atoms with Crippen LogP contribution in [0.1, 0.15) is 23.6 Å². The molecule has 0 radical (unpaired) electrons. The van der Waals surface area contributed by atoms with E-state index in [1.54, 1.807) is 19.3 Å². The summed E-state index contributed by atoms with van der Waals surface area (Å²) in [4.78, 5) is 17.3. The van der Waals surface area contributed by atoms with Crippen molar-refractivity contribution < 1.29 is 4.79 Å². The molecule has 2 N–H and O–H groups in total. The molecule has 1 aliphatic heterocycles. The summed E-state index contributed by atoms with van der Waals surface area (Å²) in [6.45, 7) is 0.619. The predicted octanol–water partition coefficient (Wildman–Crippen LogP) is 3.85.